The Kier molecular flexibility index (Phi) is 4.99. The second-order valence-electron chi connectivity index (χ2n) is 5.03. The number of hydrogen-bond acceptors (Lipinski definition) is 5. The van der Waals surface area contributed by atoms with Crippen molar-refractivity contribution >= 4 is 21.4 Å². The normalized spacial score (nSPS) is 12.0. The van der Waals surface area contributed by atoms with E-state index in [2.05, 4.69) is 5.32 Å². The van der Waals surface area contributed by atoms with Crippen molar-refractivity contribution in [1.29, 1.82) is 0 Å². The van der Waals surface area contributed by atoms with Crippen molar-refractivity contribution in [3.05, 3.63) is 63.7 Å². The number of nitro groups is 1. The van der Waals surface area contributed by atoms with Crippen LogP contribution >= 0.6 is 0 Å². The van der Waals surface area contributed by atoms with Gasteiger partial charge in [0, 0.05) is 12.6 Å². The highest BCUT2D eigenvalue weighted by molar-refractivity contribution is 7.89. The molecule has 2 aromatic rings. The van der Waals surface area contributed by atoms with Gasteiger partial charge >= 0.3 is 6.18 Å². The zero-order chi connectivity index (χ0) is 18.8. The molecule has 0 amide bonds. The summed E-state index contributed by atoms with van der Waals surface area (Å²) in [4.78, 5) is 9.97. The van der Waals surface area contributed by atoms with Crippen LogP contribution in [0.15, 0.2) is 47.4 Å². The molecule has 0 aromatic heterocycles. The highest BCUT2D eigenvalue weighted by atomic mass is 32.2. The summed E-state index contributed by atoms with van der Waals surface area (Å²) < 4.78 is 60.2. The predicted molar refractivity (Wildman–Crippen MR) is 83.2 cm³/mol. The predicted octanol–water partition coefficient (Wildman–Crippen LogP) is 2.87. The van der Waals surface area contributed by atoms with Crippen molar-refractivity contribution in [2.24, 2.45) is 5.14 Å². The van der Waals surface area contributed by atoms with Gasteiger partial charge in [0.25, 0.3) is 5.69 Å². The molecule has 2 rings (SSSR count). The SMILES string of the molecule is NS(=O)(=O)c1ccc(CNc2ccc(C(F)(F)F)cc2[N+](=O)[O-])cc1. The van der Waals surface area contributed by atoms with Crippen molar-refractivity contribution in [3.8, 4) is 0 Å². The van der Waals surface area contributed by atoms with E-state index in [-0.39, 0.29) is 17.1 Å². The molecule has 0 aliphatic carbocycles. The summed E-state index contributed by atoms with van der Waals surface area (Å²) in [6, 6.07) is 7.54. The van der Waals surface area contributed by atoms with Crippen LogP contribution in [0.3, 0.4) is 0 Å². The second-order valence-corrected chi connectivity index (χ2v) is 6.59. The Balaban J connectivity index is 2.21. The van der Waals surface area contributed by atoms with Gasteiger partial charge in [0.1, 0.15) is 5.69 Å². The van der Waals surface area contributed by atoms with Gasteiger partial charge in [-0.3, -0.25) is 10.1 Å². The van der Waals surface area contributed by atoms with Crippen molar-refractivity contribution < 1.29 is 26.5 Å². The van der Waals surface area contributed by atoms with Crippen LogP contribution in [0.2, 0.25) is 0 Å². The molecule has 0 fully saturated rings. The van der Waals surface area contributed by atoms with E-state index in [0.29, 0.717) is 11.6 Å². The number of sulfonamides is 1. The number of halogens is 3. The first kappa shape index (κ1) is 18.7. The van der Waals surface area contributed by atoms with E-state index in [1.54, 1.807) is 0 Å². The number of primary sulfonamides is 1. The number of alkyl halides is 3. The van der Waals surface area contributed by atoms with Gasteiger partial charge in [-0.25, -0.2) is 13.6 Å². The quantitative estimate of drug-likeness (QED) is 0.616. The van der Waals surface area contributed by atoms with Crippen LogP contribution < -0.4 is 10.5 Å². The molecular formula is C14H12F3N3O4S. The third-order valence-electron chi connectivity index (χ3n) is 3.26. The molecule has 25 heavy (non-hydrogen) atoms. The van der Waals surface area contributed by atoms with E-state index in [9.17, 15) is 31.7 Å². The summed E-state index contributed by atoms with van der Waals surface area (Å²) in [5.74, 6) is 0. The standard InChI is InChI=1S/C14H12F3N3O4S/c15-14(16,17)10-3-6-12(13(7-10)20(21)22)19-8-9-1-4-11(5-2-9)25(18,23)24/h1-7,19H,8H2,(H2,18,23,24). The molecule has 0 bridgehead atoms. The number of nitrogens with one attached hydrogen (secondary N) is 1. The summed E-state index contributed by atoms with van der Waals surface area (Å²) >= 11 is 0. The highest BCUT2D eigenvalue weighted by Gasteiger charge is 2.33. The van der Waals surface area contributed by atoms with Gasteiger partial charge in [-0.1, -0.05) is 12.1 Å². The van der Waals surface area contributed by atoms with E-state index in [0.717, 1.165) is 12.1 Å². The maximum absolute atomic E-state index is 12.6. The zero-order valence-corrected chi connectivity index (χ0v) is 13.3. The van der Waals surface area contributed by atoms with E-state index >= 15 is 0 Å². The van der Waals surface area contributed by atoms with Gasteiger partial charge in [0.2, 0.25) is 10.0 Å². The first-order chi connectivity index (χ1) is 11.5. The minimum atomic E-state index is -4.69. The van der Waals surface area contributed by atoms with E-state index in [4.69, 9.17) is 5.14 Å². The lowest BCUT2D eigenvalue weighted by Gasteiger charge is -2.11. The van der Waals surface area contributed by atoms with Crippen molar-refractivity contribution in [2.45, 2.75) is 17.6 Å². The number of nitrogens with zero attached hydrogens (tertiary/aromatic N) is 1. The molecule has 0 unspecified atom stereocenters. The Morgan fingerprint density at radius 3 is 2.20 bits per heavy atom. The molecule has 0 heterocycles. The molecule has 0 aliphatic rings. The molecular weight excluding hydrogens is 363 g/mol. The van der Waals surface area contributed by atoms with Gasteiger partial charge in [-0.05, 0) is 29.8 Å². The van der Waals surface area contributed by atoms with Crippen LogP contribution in [0, 0.1) is 10.1 Å². The van der Waals surface area contributed by atoms with E-state index < -0.39 is 32.4 Å². The number of benzene rings is 2. The average Bonchev–Trinajstić information content (AvgIpc) is 2.51. The first-order valence-electron chi connectivity index (χ1n) is 6.70. The molecule has 2 aromatic carbocycles. The molecule has 3 N–H and O–H groups in total. The molecule has 0 aliphatic heterocycles. The van der Waals surface area contributed by atoms with Crippen LogP contribution in [0.1, 0.15) is 11.1 Å². The van der Waals surface area contributed by atoms with Gasteiger partial charge in [0.15, 0.2) is 0 Å². The Morgan fingerprint density at radius 2 is 1.72 bits per heavy atom. The van der Waals surface area contributed by atoms with Crippen LogP contribution in [0.25, 0.3) is 0 Å². The minimum absolute atomic E-state index is 0.0388. The van der Waals surface area contributed by atoms with Crippen LogP contribution in [0.5, 0.6) is 0 Å². The largest absolute Gasteiger partial charge is 0.416 e. The van der Waals surface area contributed by atoms with E-state index in [1.807, 2.05) is 0 Å². The number of rotatable bonds is 5. The summed E-state index contributed by atoms with van der Waals surface area (Å²) in [7, 11) is -3.84. The number of anilines is 1. The Morgan fingerprint density at radius 1 is 1.12 bits per heavy atom. The minimum Gasteiger partial charge on any atom is -0.375 e. The fourth-order valence-corrected chi connectivity index (χ4v) is 2.52. The summed E-state index contributed by atoms with van der Waals surface area (Å²) in [5.41, 5.74) is -1.37. The summed E-state index contributed by atoms with van der Waals surface area (Å²) in [6.45, 7) is 0.0388. The Labute approximate surface area is 140 Å². The maximum Gasteiger partial charge on any atom is 0.416 e. The lowest BCUT2D eigenvalue weighted by atomic mass is 10.1. The molecule has 11 heteroatoms. The topological polar surface area (TPSA) is 115 Å². The van der Waals surface area contributed by atoms with E-state index in [1.165, 1.54) is 24.3 Å². The highest BCUT2D eigenvalue weighted by Crippen LogP contribution is 2.35. The smallest absolute Gasteiger partial charge is 0.375 e. The summed E-state index contributed by atoms with van der Waals surface area (Å²) in [5, 5.41) is 18.6. The Bertz CT molecular complexity index is 897. The Hall–Kier alpha value is -2.66. The molecule has 134 valence electrons. The number of hydrogen-bond donors (Lipinski definition) is 2. The molecule has 0 spiro atoms. The summed E-state index contributed by atoms with van der Waals surface area (Å²) in [6.07, 6.45) is -4.69. The first-order valence-corrected chi connectivity index (χ1v) is 8.24. The van der Waals surface area contributed by atoms with Gasteiger partial charge in [-0.15, -0.1) is 0 Å². The lowest BCUT2D eigenvalue weighted by molar-refractivity contribution is -0.384. The third-order valence-corrected chi connectivity index (χ3v) is 4.19. The number of nitro benzene ring substituents is 1. The fourth-order valence-electron chi connectivity index (χ4n) is 2.00. The van der Waals surface area contributed by atoms with Gasteiger partial charge in [0.05, 0.1) is 15.4 Å². The number of nitrogens with two attached hydrogens (primary N) is 1. The van der Waals surface area contributed by atoms with Crippen molar-refractivity contribution in [3.63, 3.8) is 0 Å². The molecule has 0 saturated heterocycles. The van der Waals surface area contributed by atoms with Crippen molar-refractivity contribution in [2.75, 3.05) is 5.32 Å². The van der Waals surface area contributed by atoms with Crippen LogP contribution in [0.4, 0.5) is 24.5 Å². The molecule has 0 radical (unpaired) electrons. The monoisotopic (exact) mass is 375 g/mol. The molecule has 0 atom stereocenters. The van der Waals surface area contributed by atoms with Crippen LogP contribution in [-0.2, 0) is 22.7 Å². The molecule has 7 nitrogen and oxygen atoms in total. The van der Waals surface area contributed by atoms with Crippen molar-refractivity contribution in [1.82, 2.24) is 0 Å². The van der Waals surface area contributed by atoms with Crippen LogP contribution in [-0.4, -0.2) is 13.3 Å². The zero-order valence-electron chi connectivity index (χ0n) is 12.4. The third kappa shape index (κ3) is 4.67. The second kappa shape index (κ2) is 6.69. The fraction of sp³-hybridized carbons (Fsp3) is 0.143. The lowest BCUT2D eigenvalue weighted by Crippen LogP contribution is -2.12. The van der Waals surface area contributed by atoms with Gasteiger partial charge < -0.3 is 5.32 Å². The average molecular weight is 375 g/mol. The maximum atomic E-state index is 12.6. The van der Waals surface area contributed by atoms with Gasteiger partial charge in [-0.2, -0.15) is 13.2 Å². The molecule has 0 saturated carbocycles.